The molecule has 38 heavy (non-hydrogen) atoms. The molecule has 1 saturated heterocycles. The van der Waals surface area contributed by atoms with Crippen LogP contribution in [0, 0.1) is 0 Å². The van der Waals surface area contributed by atoms with Crippen molar-refractivity contribution >= 4 is 17.5 Å². The van der Waals surface area contributed by atoms with E-state index in [1.165, 1.54) is 12.1 Å². The first-order chi connectivity index (χ1) is 18.2. The van der Waals surface area contributed by atoms with Crippen molar-refractivity contribution in [2.75, 3.05) is 32.7 Å². The van der Waals surface area contributed by atoms with E-state index in [0.717, 1.165) is 17.7 Å². The number of carbonyl (C=O) groups is 1. The fourth-order valence-corrected chi connectivity index (χ4v) is 4.44. The highest BCUT2D eigenvalue weighted by molar-refractivity contribution is 6.30. The summed E-state index contributed by atoms with van der Waals surface area (Å²) in [4.78, 5) is 16.9. The summed E-state index contributed by atoms with van der Waals surface area (Å²) in [6, 6.07) is 21.6. The Hall–Kier alpha value is -3.07. The lowest BCUT2D eigenvalue weighted by Crippen LogP contribution is -2.52. The van der Waals surface area contributed by atoms with Crippen molar-refractivity contribution in [3.8, 4) is 5.75 Å². The molecule has 3 aromatic carbocycles. The molecule has 0 bridgehead atoms. The highest BCUT2D eigenvalue weighted by atomic mass is 35.5. The van der Waals surface area contributed by atoms with Gasteiger partial charge in [0, 0.05) is 37.7 Å². The zero-order valence-corrected chi connectivity index (χ0v) is 21.8. The number of carbonyl (C=O) groups excluding carboxylic acids is 1. The number of hydrogen-bond donors (Lipinski definition) is 0. The van der Waals surface area contributed by atoms with Crippen LogP contribution in [0.3, 0.4) is 0 Å². The number of halogens is 4. The molecule has 0 saturated carbocycles. The average molecular weight is 547 g/mol. The molecule has 1 aliphatic heterocycles. The standard InChI is InChI=1S/C29H30ClF3N2O3/c1-21(38-26-5-3-2-4-6-26)28(36)35-17-15-34(16-18-35)19-27(23-9-13-25(30)14-10-23)37-20-22-7-11-24(12-8-22)29(31,32)33/h2-14,21,27H,15-20H2,1H3/t21-,27-/m0/s1. The van der Waals surface area contributed by atoms with Crippen LogP contribution in [-0.4, -0.2) is 54.5 Å². The molecule has 5 nitrogen and oxygen atoms in total. The second-order valence-electron chi connectivity index (χ2n) is 9.24. The lowest BCUT2D eigenvalue weighted by atomic mass is 10.1. The molecule has 1 heterocycles. The van der Waals surface area contributed by atoms with E-state index in [-0.39, 0.29) is 18.6 Å². The molecule has 2 atom stereocenters. The van der Waals surface area contributed by atoms with E-state index in [0.29, 0.717) is 49.1 Å². The molecule has 3 aromatic rings. The zero-order valence-electron chi connectivity index (χ0n) is 21.0. The van der Waals surface area contributed by atoms with Gasteiger partial charge in [0.15, 0.2) is 6.10 Å². The second kappa shape index (κ2) is 12.7. The Morgan fingerprint density at radius 2 is 1.55 bits per heavy atom. The number of piperazine rings is 1. The Morgan fingerprint density at radius 3 is 2.16 bits per heavy atom. The largest absolute Gasteiger partial charge is 0.481 e. The van der Waals surface area contributed by atoms with Crippen molar-refractivity contribution in [3.05, 3.63) is 101 Å². The Bertz CT molecular complexity index is 1170. The Morgan fingerprint density at radius 1 is 0.921 bits per heavy atom. The van der Waals surface area contributed by atoms with E-state index in [4.69, 9.17) is 21.1 Å². The average Bonchev–Trinajstić information content (AvgIpc) is 2.92. The third-order valence-corrected chi connectivity index (χ3v) is 6.74. The van der Waals surface area contributed by atoms with Crippen molar-refractivity contribution in [1.29, 1.82) is 0 Å². The quantitative estimate of drug-likeness (QED) is 0.319. The highest BCUT2D eigenvalue weighted by Gasteiger charge is 2.30. The highest BCUT2D eigenvalue weighted by Crippen LogP contribution is 2.30. The smallest absolute Gasteiger partial charge is 0.416 e. The lowest BCUT2D eigenvalue weighted by molar-refractivity contribution is -0.140. The van der Waals surface area contributed by atoms with Crippen LogP contribution in [0.15, 0.2) is 78.9 Å². The van der Waals surface area contributed by atoms with Crippen LogP contribution in [0.1, 0.15) is 29.7 Å². The minimum atomic E-state index is -4.37. The molecule has 1 fully saturated rings. The van der Waals surface area contributed by atoms with Gasteiger partial charge >= 0.3 is 6.18 Å². The van der Waals surface area contributed by atoms with Crippen LogP contribution in [0.2, 0.25) is 5.02 Å². The molecule has 202 valence electrons. The summed E-state index contributed by atoms with van der Waals surface area (Å²) in [6.07, 6.45) is -5.28. The molecular weight excluding hydrogens is 517 g/mol. The summed E-state index contributed by atoms with van der Waals surface area (Å²) in [5, 5.41) is 0.606. The summed E-state index contributed by atoms with van der Waals surface area (Å²) in [7, 11) is 0. The Labute approximate surface area is 225 Å². The first-order valence-electron chi connectivity index (χ1n) is 12.4. The number of ether oxygens (including phenoxy) is 2. The van der Waals surface area contributed by atoms with E-state index in [9.17, 15) is 18.0 Å². The van der Waals surface area contributed by atoms with Gasteiger partial charge in [0.25, 0.3) is 5.91 Å². The molecule has 0 aromatic heterocycles. The first-order valence-corrected chi connectivity index (χ1v) is 12.8. The minimum Gasteiger partial charge on any atom is -0.481 e. The molecule has 0 aliphatic carbocycles. The van der Waals surface area contributed by atoms with Crippen molar-refractivity contribution in [3.63, 3.8) is 0 Å². The molecule has 0 spiro atoms. The van der Waals surface area contributed by atoms with E-state index >= 15 is 0 Å². The van der Waals surface area contributed by atoms with Crippen molar-refractivity contribution in [2.45, 2.75) is 31.9 Å². The van der Waals surface area contributed by atoms with Gasteiger partial charge in [-0.3, -0.25) is 9.69 Å². The zero-order chi connectivity index (χ0) is 27.1. The number of alkyl halides is 3. The molecular formula is C29H30ClF3N2O3. The maximum absolute atomic E-state index is 12.9. The third kappa shape index (κ3) is 7.72. The van der Waals surface area contributed by atoms with Crippen LogP contribution in [0.5, 0.6) is 5.75 Å². The maximum atomic E-state index is 12.9. The third-order valence-electron chi connectivity index (χ3n) is 6.49. The van der Waals surface area contributed by atoms with Gasteiger partial charge in [-0.25, -0.2) is 0 Å². The van der Waals surface area contributed by atoms with E-state index in [2.05, 4.69) is 4.90 Å². The topological polar surface area (TPSA) is 42.0 Å². The number of benzene rings is 3. The summed E-state index contributed by atoms with van der Waals surface area (Å²) in [6.45, 7) is 4.95. The van der Waals surface area contributed by atoms with Crippen molar-refractivity contribution in [2.24, 2.45) is 0 Å². The molecule has 9 heteroatoms. The molecule has 1 amide bonds. The van der Waals surface area contributed by atoms with E-state index < -0.39 is 17.8 Å². The molecule has 0 N–H and O–H groups in total. The van der Waals surface area contributed by atoms with Gasteiger partial charge in [-0.05, 0) is 54.4 Å². The fraction of sp³-hybridized carbons (Fsp3) is 0.345. The van der Waals surface area contributed by atoms with Gasteiger partial charge < -0.3 is 14.4 Å². The van der Waals surface area contributed by atoms with Crippen LogP contribution in [-0.2, 0) is 22.3 Å². The molecule has 0 radical (unpaired) electrons. The molecule has 0 unspecified atom stereocenters. The molecule has 4 rings (SSSR count). The number of para-hydroxylation sites is 1. The summed E-state index contributed by atoms with van der Waals surface area (Å²) in [5.74, 6) is 0.601. The van der Waals surface area contributed by atoms with E-state index in [1.807, 2.05) is 47.4 Å². The van der Waals surface area contributed by atoms with Crippen LogP contribution in [0.4, 0.5) is 13.2 Å². The Balaban J connectivity index is 1.34. The second-order valence-corrected chi connectivity index (χ2v) is 9.68. The minimum absolute atomic E-state index is 0.0543. The summed E-state index contributed by atoms with van der Waals surface area (Å²) >= 11 is 6.06. The molecule has 1 aliphatic rings. The monoisotopic (exact) mass is 546 g/mol. The van der Waals surface area contributed by atoms with Gasteiger partial charge in [-0.2, -0.15) is 13.2 Å². The number of hydrogen-bond acceptors (Lipinski definition) is 4. The predicted molar refractivity (Wildman–Crippen MR) is 140 cm³/mol. The first kappa shape index (κ1) is 28.0. The summed E-state index contributed by atoms with van der Waals surface area (Å²) < 4.78 is 50.7. The fourth-order valence-electron chi connectivity index (χ4n) is 4.31. The van der Waals surface area contributed by atoms with Crippen molar-refractivity contribution in [1.82, 2.24) is 9.80 Å². The van der Waals surface area contributed by atoms with Gasteiger partial charge in [-0.15, -0.1) is 0 Å². The van der Waals surface area contributed by atoms with Crippen LogP contribution < -0.4 is 4.74 Å². The van der Waals surface area contributed by atoms with Gasteiger partial charge in [0.05, 0.1) is 18.3 Å². The Kier molecular flexibility index (Phi) is 9.31. The predicted octanol–water partition coefficient (Wildman–Crippen LogP) is 6.23. The number of nitrogens with zero attached hydrogens (tertiary/aromatic N) is 2. The van der Waals surface area contributed by atoms with Crippen LogP contribution >= 0.6 is 11.6 Å². The van der Waals surface area contributed by atoms with Gasteiger partial charge in [0.2, 0.25) is 0 Å². The number of amides is 1. The van der Waals surface area contributed by atoms with E-state index in [1.54, 1.807) is 19.1 Å². The SMILES string of the molecule is C[C@H](Oc1ccccc1)C(=O)N1CCN(C[C@H](OCc2ccc(C(F)(F)F)cc2)c2ccc(Cl)cc2)CC1. The van der Waals surface area contributed by atoms with Crippen molar-refractivity contribution < 1.29 is 27.4 Å². The lowest BCUT2D eigenvalue weighted by Gasteiger charge is -2.37. The van der Waals surface area contributed by atoms with Gasteiger partial charge in [-0.1, -0.05) is 54.1 Å². The van der Waals surface area contributed by atoms with Gasteiger partial charge in [0.1, 0.15) is 5.75 Å². The number of rotatable bonds is 9. The maximum Gasteiger partial charge on any atom is 0.416 e. The van der Waals surface area contributed by atoms with Crippen LogP contribution in [0.25, 0.3) is 0 Å². The normalized spacial score (nSPS) is 16.2. The summed E-state index contributed by atoms with van der Waals surface area (Å²) in [5.41, 5.74) is 0.885.